The van der Waals surface area contributed by atoms with E-state index in [1.54, 1.807) is 0 Å². The third kappa shape index (κ3) is 2.87. The lowest BCUT2D eigenvalue weighted by molar-refractivity contribution is 0.252. The molecule has 112 valence electrons. The van der Waals surface area contributed by atoms with Crippen LogP contribution >= 0.6 is 0 Å². The van der Waals surface area contributed by atoms with Crippen LogP contribution in [0, 0.1) is 0 Å². The number of aliphatic hydroxyl groups is 1. The SMILES string of the molecule is CN1CCC(N(C)c2nc(CO)cc3ccccc23)CC1. The van der Waals surface area contributed by atoms with Crippen molar-refractivity contribution in [1.29, 1.82) is 0 Å². The van der Waals surface area contributed by atoms with Crippen LogP contribution in [-0.2, 0) is 6.61 Å². The Labute approximate surface area is 126 Å². The molecule has 0 spiro atoms. The second-order valence-electron chi connectivity index (χ2n) is 5.96. The highest BCUT2D eigenvalue weighted by Crippen LogP contribution is 2.28. The molecule has 3 rings (SSSR count). The summed E-state index contributed by atoms with van der Waals surface area (Å²) in [6, 6.07) is 10.8. The molecule has 1 aromatic carbocycles. The Bertz CT molecular complexity index is 620. The first-order valence-corrected chi connectivity index (χ1v) is 7.60. The van der Waals surface area contributed by atoms with E-state index in [1.165, 1.54) is 0 Å². The third-order valence-corrected chi connectivity index (χ3v) is 4.51. The lowest BCUT2D eigenvalue weighted by atomic mass is 10.0. The molecule has 2 heterocycles. The molecular weight excluding hydrogens is 262 g/mol. The minimum absolute atomic E-state index is 0.0148. The number of piperidine rings is 1. The maximum absolute atomic E-state index is 9.46. The molecule has 2 aromatic rings. The van der Waals surface area contributed by atoms with E-state index in [2.05, 4.69) is 47.1 Å². The Kier molecular flexibility index (Phi) is 4.08. The molecule has 1 aromatic heterocycles. The summed E-state index contributed by atoms with van der Waals surface area (Å²) < 4.78 is 0. The van der Waals surface area contributed by atoms with Gasteiger partial charge in [-0.1, -0.05) is 24.3 Å². The Morgan fingerprint density at radius 3 is 2.71 bits per heavy atom. The van der Waals surface area contributed by atoms with Crippen LogP contribution in [0.5, 0.6) is 0 Å². The highest BCUT2D eigenvalue weighted by Gasteiger charge is 2.23. The Morgan fingerprint density at radius 2 is 2.00 bits per heavy atom. The first kappa shape index (κ1) is 14.3. The van der Waals surface area contributed by atoms with E-state index >= 15 is 0 Å². The summed E-state index contributed by atoms with van der Waals surface area (Å²) in [5.41, 5.74) is 0.739. The molecule has 1 aliphatic rings. The van der Waals surface area contributed by atoms with Crippen LogP contribution in [-0.4, -0.2) is 48.2 Å². The number of nitrogens with zero attached hydrogens (tertiary/aromatic N) is 3. The van der Waals surface area contributed by atoms with Crippen LogP contribution in [0.4, 0.5) is 5.82 Å². The molecule has 0 unspecified atom stereocenters. The summed E-state index contributed by atoms with van der Waals surface area (Å²) in [6.45, 7) is 2.25. The number of fused-ring (bicyclic) bond motifs is 1. The lowest BCUT2D eigenvalue weighted by Gasteiger charge is -2.36. The van der Waals surface area contributed by atoms with Gasteiger partial charge in [-0.25, -0.2) is 4.98 Å². The molecule has 4 nitrogen and oxygen atoms in total. The van der Waals surface area contributed by atoms with Crippen molar-refractivity contribution in [3.05, 3.63) is 36.0 Å². The minimum Gasteiger partial charge on any atom is -0.390 e. The zero-order valence-electron chi connectivity index (χ0n) is 12.8. The molecule has 0 bridgehead atoms. The number of likely N-dealkylation sites (tertiary alicyclic amines) is 1. The molecular formula is C17H23N3O. The van der Waals surface area contributed by atoms with E-state index in [9.17, 15) is 5.11 Å². The maximum atomic E-state index is 9.46. The van der Waals surface area contributed by atoms with Gasteiger partial charge in [0.25, 0.3) is 0 Å². The Morgan fingerprint density at radius 1 is 1.29 bits per heavy atom. The number of pyridine rings is 1. The Balaban J connectivity index is 1.98. The predicted octanol–water partition coefficient (Wildman–Crippen LogP) is 2.26. The fourth-order valence-electron chi connectivity index (χ4n) is 3.14. The number of benzene rings is 1. The monoisotopic (exact) mass is 285 g/mol. The molecule has 1 fully saturated rings. The summed E-state index contributed by atoms with van der Waals surface area (Å²) in [6.07, 6.45) is 2.32. The third-order valence-electron chi connectivity index (χ3n) is 4.51. The molecule has 0 saturated carbocycles. The van der Waals surface area contributed by atoms with Crippen LogP contribution in [0.15, 0.2) is 30.3 Å². The van der Waals surface area contributed by atoms with E-state index in [-0.39, 0.29) is 6.61 Å². The summed E-state index contributed by atoms with van der Waals surface area (Å²) in [5.74, 6) is 0.992. The van der Waals surface area contributed by atoms with Crippen LogP contribution in [0.1, 0.15) is 18.5 Å². The van der Waals surface area contributed by atoms with Crippen molar-refractivity contribution in [2.24, 2.45) is 0 Å². The standard InChI is InChI=1S/C17H23N3O/c1-19-9-7-15(8-10-19)20(2)17-16-6-4-3-5-13(16)11-14(12-21)18-17/h3-6,11,15,21H,7-10,12H2,1-2H3. The van der Waals surface area contributed by atoms with Crippen LogP contribution in [0.25, 0.3) is 10.8 Å². The minimum atomic E-state index is -0.0148. The first-order valence-electron chi connectivity index (χ1n) is 7.60. The number of aliphatic hydroxyl groups excluding tert-OH is 1. The van der Waals surface area contributed by atoms with Crippen molar-refractivity contribution >= 4 is 16.6 Å². The summed E-state index contributed by atoms with van der Waals surface area (Å²) >= 11 is 0. The second-order valence-corrected chi connectivity index (χ2v) is 5.96. The fraction of sp³-hybridized carbons (Fsp3) is 0.471. The van der Waals surface area contributed by atoms with Crippen molar-refractivity contribution in [3.63, 3.8) is 0 Å². The average Bonchev–Trinajstić information content (AvgIpc) is 2.53. The second kappa shape index (κ2) is 6.00. The topological polar surface area (TPSA) is 39.6 Å². The van der Waals surface area contributed by atoms with Crippen molar-refractivity contribution in [3.8, 4) is 0 Å². The smallest absolute Gasteiger partial charge is 0.136 e. The van der Waals surface area contributed by atoms with Gasteiger partial charge in [-0.3, -0.25) is 0 Å². The van der Waals surface area contributed by atoms with Gasteiger partial charge >= 0.3 is 0 Å². The Hall–Kier alpha value is -1.65. The van der Waals surface area contributed by atoms with Gasteiger partial charge in [0.2, 0.25) is 0 Å². The number of hydrogen-bond acceptors (Lipinski definition) is 4. The molecule has 4 heteroatoms. The number of anilines is 1. The van der Waals surface area contributed by atoms with Gasteiger partial charge in [-0.15, -0.1) is 0 Å². The zero-order valence-corrected chi connectivity index (χ0v) is 12.8. The number of rotatable bonds is 3. The van der Waals surface area contributed by atoms with Crippen molar-refractivity contribution in [2.45, 2.75) is 25.5 Å². The number of hydrogen-bond donors (Lipinski definition) is 1. The number of aromatic nitrogens is 1. The van der Waals surface area contributed by atoms with E-state index in [1.807, 2.05) is 12.1 Å². The largest absolute Gasteiger partial charge is 0.390 e. The van der Waals surface area contributed by atoms with Crippen molar-refractivity contribution in [1.82, 2.24) is 9.88 Å². The predicted molar refractivity (Wildman–Crippen MR) is 86.6 cm³/mol. The van der Waals surface area contributed by atoms with Crippen LogP contribution < -0.4 is 4.90 Å². The van der Waals surface area contributed by atoms with E-state index in [0.29, 0.717) is 6.04 Å². The summed E-state index contributed by atoms with van der Waals surface area (Å²) in [5, 5.41) is 11.8. The summed E-state index contributed by atoms with van der Waals surface area (Å²) in [7, 11) is 4.31. The average molecular weight is 285 g/mol. The van der Waals surface area contributed by atoms with Gasteiger partial charge in [0.15, 0.2) is 0 Å². The van der Waals surface area contributed by atoms with Crippen LogP contribution in [0.3, 0.4) is 0 Å². The van der Waals surface area contributed by atoms with Gasteiger partial charge in [-0.2, -0.15) is 0 Å². The van der Waals surface area contributed by atoms with Crippen molar-refractivity contribution in [2.75, 3.05) is 32.1 Å². The molecule has 1 saturated heterocycles. The van der Waals surface area contributed by atoms with Gasteiger partial charge in [0, 0.05) is 18.5 Å². The van der Waals surface area contributed by atoms with Gasteiger partial charge in [0.1, 0.15) is 5.82 Å². The molecule has 1 aliphatic heterocycles. The van der Waals surface area contributed by atoms with Gasteiger partial charge in [-0.05, 0) is 44.4 Å². The van der Waals surface area contributed by atoms with Gasteiger partial charge in [0.05, 0.1) is 12.3 Å². The highest BCUT2D eigenvalue weighted by molar-refractivity contribution is 5.92. The molecule has 0 amide bonds. The molecule has 0 radical (unpaired) electrons. The molecule has 0 atom stereocenters. The zero-order chi connectivity index (χ0) is 14.8. The quantitative estimate of drug-likeness (QED) is 0.939. The normalized spacial score (nSPS) is 17.3. The molecule has 1 N–H and O–H groups in total. The van der Waals surface area contributed by atoms with Crippen molar-refractivity contribution < 1.29 is 5.11 Å². The first-order chi connectivity index (χ1) is 10.2. The molecule has 0 aliphatic carbocycles. The van der Waals surface area contributed by atoms with Gasteiger partial charge < -0.3 is 14.9 Å². The lowest BCUT2D eigenvalue weighted by Crippen LogP contribution is -2.42. The van der Waals surface area contributed by atoms with Crippen LogP contribution in [0.2, 0.25) is 0 Å². The van der Waals surface area contributed by atoms with E-state index < -0.39 is 0 Å². The van der Waals surface area contributed by atoms with E-state index in [4.69, 9.17) is 0 Å². The van der Waals surface area contributed by atoms with E-state index in [0.717, 1.165) is 48.2 Å². The fourth-order valence-corrected chi connectivity index (χ4v) is 3.14. The highest BCUT2D eigenvalue weighted by atomic mass is 16.3. The maximum Gasteiger partial charge on any atom is 0.136 e. The summed E-state index contributed by atoms with van der Waals surface area (Å²) in [4.78, 5) is 9.35. The molecule has 21 heavy (non-hydrogen) atoms.